The zero-order valence-corrected chi connectivity index (χ0v) is 12.9. The highest BCUT2D eigenvalue weighted by atomic mass is 35.5. The number of hydrogen-bond acceptors (Lipinski definition) is 3. The van der Waals surface area contributed by atoms with E-state index in [0.29, 0.717) is 5.02 Å². The van der Waals surface area contributed by atoms with Crippen molar-refractivity contribution in [3.8, 4) is 6.07 Å². The van der Waals surface area contributed by atoms with E-state index < -0.39 is 15.9 Å². The number of hydrogen-bond donors (Lipinski definition) is 0. The zero-order valence-electron chi connectivity index (χ0n) is 10.6. The Labute approximate surface area is 123 Å². The minimum atomic E-state index is -3.74. The number of rotatable bonds is 5. The van der Waals surface area contributed by atoms with E-state index in [0.717, 1.165) is 0 Å². The summed E-state index contributed by atoms with van der Waals surface area (Å²) >= 11 is 11.7. The van der Waals surface area contributed by atoms with Crippen molar-refractivity contribution >= 4 is 33.2 Å². The molecule has 7 heteroatoms. The largest absolute Gasteiger partial charge is 0.244 e. The van der Waals surface area contributed by atoms with Crippen molar-refractivity contribution in [2.75, 3.05) is 13.1 Å². The maximum atomic E-state index is 12.5. The highest BCUT2D eigenvalue weighted by Gasteiger charge is 2.27. The SMILES string of the molecule is CCN(CC(C)C#N)S(=O)(=O)c1cc(Cl)ccc1Cl. The molecule has 1 rings (SSSR count). The van der Waals surface area contributed by atoms with Gasteiger partial charge in [-0.25, -0.2) is 8.42 Å². The predicted molar refractivity (Wildman–Crippen MR) is 75.7 cm³/mol. The molecule has 19 heavy (non-hydrogen) atoms. The monoisotopic (exact) mass is 320 g/mol. The molecule has 0 saturated carbocycles. The number of halogens is 2. The average molecular weight is 321 g/mol. The normalized spacial score (nSPS) is 13.3. The van der Waals surface area contributed by atoms with E-state index in [-0.39, 0.29) is 23.0 Å². The third-order valence-corrected chi connectivity index (χ3v) is 5.22. The van der Waals surface area contributed by atoms with Gasteiger partial charge in [0.05, 0.1) is 17.0 Å². The Hall–Kier alpha value is -0.800. The lowest BCUT2D eigenvalue weighted by molar-refractivity contribution is 0.400. The fourth-order valence-electron chi connectivity index (χ4n) is 1.56. The van der Waals surface area contributed by atoms with Gasteiger partial charge in [0.25, 0.3) is 0 Å². The maximum Gasteiger partial charge on any atom is 0.244 e. The maximum absolute atomic E-state index is 12.5. The fraction of sp³-hybridized carbons (Fsp3) is 0.417. The van der Waals surface area contributed by atoms with Crippen molar-refractivity contribution in [1.82, 2.24) is 4.31 Å². The molecule has 0 aromatic heterocycles. The Morgan fingerprint density at radius 1 is 1.42 bits per heavy atom. The number of sulfonamides is 1. The third kappa shape index (κ3) is 3.83. The summed E-state index contributed by atoms with van der Waals surface area (Å²) in [6.07, 6.45) is 0. The Morgan fingerprint density at radius 3 is 2.58 bits per heavy atom. The van der Waals surface area contributed by atoms with Crippen molar-refractivity contribution in [2.45, 2.75) is 18.7 Å². The Kier molecular flexibility index (Phi) is 5.63. The predicted octanol–water partition coefficient (Wildman–Crippen LogP) is 3.16. The van der Waals surface area contributed by atoms with Crippen LogP contribution in [0, 0.1) is 17.2 Å². The highest BCUT2D eigenvalue weighted by molar-refractivity contribution is 7.89. The Morgan fingerprint density at radius 2 is 2.05 bits per heavy atom. The third-order valence-electron chi connectivity index (χ3n) is 2.56. The van der Waals surface area contributed by atoms with E-state index in [1.54, 1.807) is 13.8 Å². The zero-order chi connectivity index (χ0) is 14.6. The molecule has 0 aliphatic heterocycles. The summed E-state index contributed by atoms with van der Waals surface area (Å²) in [5, 5.41) is 9.21. The summed E-state index contributed by atoms with van der Waals surface area (Å²) in [5.74, 6) is -0.396. The molecule has 1 aromatic carbocycles. The van der Waals surface area contributed by atoms with Crippen LogP contribution < -0.4 is 0 Å². The topological polar surface area (TPSA) is 61.2 Å². The van der Waals surface area contributed by atoms with Gasteiger partial charge in [0, 0.05) is 18.1 Å². The first kappa shape index (κ1) is 16.3. The molecule has 104 valence electrons. The van der Waals surface area contributed by atoms with Gasteiger partial charge in [-0.3, -0.25) is 0 Å². The van der Waals surface area contributed by atoms with E-state index in [4.69, 9.17) is 28.5 Å². The average Bonchev–Trinajstić information content (AvgIpc) is 2.37. The van der Waals surface area contributed by atoms with Crippen molar-refractivity contribution in [2.24, 2.45) is 5.92 Å². The molecule has 0 N–H and O–H groups in total. The van der Waals surface area contributed by atoms with Gasteiger partial charge >= 0.3 is 0 Å². The van der Waals surface area contributed by atoms with Crippen molar-refractivity contribution in [3.05, 3.63) is 28.2 Å². The minimum Gasteiger partial charge on any atom is -0.207 e. The minimum absolute atomic E-state index is 0.0337. The molecule has 4 nitrogen and oxygen atoms in total. The quantitative estimate of drug-likeness (QED) is 0.837. The summed E-state index contributed by atoms with van der Waals surface area (Å²) in [5.41, 5.74) is 0. The molecule has 0 aliphatic rings. The van der Waals surface area contributed by atoms with Crippen LogP contribution in [-0.4, -0.2) is 25.8 Å². The first-order valence-electron chi connectivity index (χ1n) is 5.67. The van der Waals surface area contributed by atoms with Crippen LogP contribution in [0.2, 0.25) is 10.0 Å². The molecule has 0 saturated heterocycles. The van der Waals surface area contributed by atoms with Gasteiger partial charge in [0.15, 0.2) is 0 Å². The molecule has 0 bridgehead atoms. The van der Waals surface area contributed by atoms with Crippen LogP contribution in [0.15, 0.2) is 23.1 Å². The van der Waals surface area contributed by atoms with E-state index >= 15 is 0 Å². The molecule has 0 heterocycles. The van der Waals surface area contributed by atoms with Crippen LogP contribution in [0.1, 0.15) is 13.8 Å². The highest BCUT2D eigenvalue weighted by Crippen LogP contribution is 2.27. The first-order valence-corrected chi connectivity index (χ1v) is 7.87. The number of nitriles is 1. The Balaban J connectivity index is 3.21. The molecule has 0 radical (unpaired) electrons. The standard InChI is InChI=1S/C12H14Cl2N2O2S/c1-3-16(8-9(2)7-15)19(17,18)12-6-10(13)4-5-11(12)14/h4-6,9H,3,8H2,1-2H3. The summed E-state index contributed by atoms with van der Waals surface area (Å²) in [6, 6.07) is 6.30. The fourth-order valence-corrected chi connectivity index (χ4v) is 3.83. The molecule has 0 aliphatic carbocycles. The van der Waals surface area contributed by atoms with Gasteiger partial charge in [-0.2, -0.15) is 9.57 Å². The number of nitrogens with zero attached hydrogens (tertiary/aromatic N) is 2. The summed E-state index contributed by atoms with van der Waals surface area (Å²) in [6.45, 7) is 3.76. The van der Waals surface area contributed by atoms with Crippen LogP contribution in [0.25, 0.3) is 0 Å². The van der Waals surface area contributed by atoms with Crippen LogP contribution in [0.4, 0.5) is 0 Å². The molecule has 0 fully saturated rings. The van der Waals surface area contributed by atoms with Gasteiger partial charge < -0.3 is 0 Å². The molecule has 1 aromatic rings. The smallest absolute Gasteiger partial charge is 0.207 e. The first-order chi connectivity index (χ1) is 8.82. The van der Waals surface area contributed by atoms with Gasteiger partial charge in [0.1, 0.15) is 4.90 Å². The second-order valence-electron chi connectivity index (χ2n) is 4.06. The summed E-state index contributed by atoms with van der Waals surface area (Å²) < 4.78 is 26.1. The van der Waals surface area contributed by atoms with Crippen LogP contribution in [0.3, 0.4) is 0 Å². The molecule has 0 amide bonds. The van der Waals surface area contributed by atoms with E-state index in [9.17, 15) is 8.42 Å². The van der Waals surface area contributed by atoms with Gasteiger partial charge in [0.2, 0.25) is 10.0 Å². The molecule has 0 spiro atoms. The molecular formula is C12H14Cl2N2O2S. The van der Waals surface area contributed by atoms with Crippen molar-refractivity contribution < 1.29 is 8.42 Å². The Bertz CT molecular complexity index is 596. The lowest BCUT2D eigenvalue weighted by Crippen LogP contribution is -2.34. The second-order valence-corrected chi connectivity index (χ2v) is 6.81. The van der Waals surface area contributed by atoms with E-state index in [2.05, 4.69) is 0 Å². The summed E-state index contributed by atoms with van der Waals surface area (Å²) in [7, 11) is -3.74. The lowest BCUT2D eigenvalue weighted by Gasteiger charge is -2.22. The van der Waals surface area contributed by atoms with Crippen molar-refractivity contribution in [3.63, 3.8) is 0 Å². The van der Waals surface area contributed by atoms with Crippen molar-refractivity contribution in [1.29, 1.82) is 5.26 Å². The van der Waals surface area contributed by atoms with E-state index in [1.165, 1.54) is 22.5 Å². The van der Waals surface area contributed by atoms with E-state index in [1.807, 2.05) is 6.07 Å². The lowest BCUT2D eigenvalue weighted by atomic mass is 10.2. The molecule has 1 atom stereocenters. The second kappa shape index (κ2) is 6.58. The molecular weight excluding hydrogens is 307 g/mol. The van der Waals surface area contributed by atoms with Crippen LogP contribution in [-0.2, 0) is 10.0 Å². The van der Waals surface area contributed by atoms with Gasteiger partial charge in [-0.1, -0.05) is 30.1 Å². The summed E-state index contributed by atoms with van der Waals surface area (Å²) in [4.78, 5) is -0.0337. The van der Waals surface area contributed by atoms with Crippen LogP contribution in [0.5, 0.6) is 0 Å². The molecule has 1 unspecified atom stereocenters. The number of benzene rings is 1. The van der Waals surface area contributed by atoms with Gasteiger partial charge in [-0.05, 0) is 25.1 Å². The van der Waals surface area contributed by atoms with Gasteiger partial charge in [-0.15, -0.1) is 0 Å². The van der Waals surface area contributed by atoms with Crippen LogP contribution >= 0.6 is 23.2 Å².